The molecule has 0 unspecified atom stereocenters. The second kappa shape index (κ2) is 47.2. The summed E-state index contributed by atoms with van der Waals surface area (Å²) >= 11 is 6.03. The minimum Gasteiger partial charge on any atom is -0.496 e. The summed E-state index contributed by atoms with van der Waals surface area (Å²) in [5.74, 6) is 4.22. The molecule has 28 nitrogen and oxygen atoms in total. The van der Waals surface area contributed by atoms with Crippen LogP contribution in [0.1, 0.15) is 233 Å². The van der Waals surface area contributed by atoms with Crippen LogP contribution in [0, 0.1) is 0 Å². The predicted molar refractivity (Wildman–Crippen MR) is 465 cm³/mol. The molecular weight excluding hydrogens is 1540 g/mol. The summed E-state index contributed by atoms with van der Waals surface area (Å²) in [6.07, 6.45) is 14.7. The van der Waals surface area contributed by atoms with Crippen molar-refractivity contribution < 1.29 is 55.9 Å². The molecule has 0 aliphatic carbocycles. The van der Waals surface area contributed by atoms with Gasteiger partial charge in [0.1, 0.15) is 94.9 Å². The standard InChI is InChI=1S/C24H37N3O4S.C20H27N3O5S.C19H27N3O4S.C19H25N3O3S/c1-6-8-9-10-11-13-30-18-14-20(31-21(28)15-18)19(12-7-2)26-23(29)24(4)16-32-22(27-24)17(3)25-5;1-6-8-15(16-10-14(26-5)11-17(24)28-16)21-19(25)20(4)12-29-18(22-20)13(3)23-27-9-7-2;1-6-8-14(15-9-13(25-7-2)10-16(23)26-15)21-18(24)19(4)11-27-17(22-19)12(3)20-5;1-6-8-14(15-9-13(7-2)10-16(23)25-15)21-18(24)19(4)11-26-17(22-19)12(3)20-5/h14-15,19H,6-13,16H2,1-5H3,(H,26,29);7,10-11,15H,2,6,8-9,12H2,1,3-5H3,(H,21,25);9-10,14H,6-8,11H2,1-5H3,(H,21,24);7,9-10,14H,2,6,8,11H2,1,3-5H3,(H,21,24)/b;23-13+;;/t19-,24+;15-,20+;2*14-,19+/m1111/s1. The zero-order valence-electron chi connectivity index (χ0n) is 69.4. The summed E-state index contributed by atoms with van der Waals surface area (Å²) in [7, 11) is 6.61. The van der Waals surface area contributed by atoms with E-state index >= 15 is 0 Å². The molecule has 0 aromatic carbocycles. The number of hydrogen-bond donors (Lipinski definition) is 4. The summed E-state index contributed by atoms with van der Waals surface area (Å²) < 4.78 is 37.8. The zero-order chi connectivity index (χ0) is 84.3. The molecule has 0 bridgehead atoms. The van der Waals surface area contributed by atoms with E-state index in [-0.39, 0.29) is 29.7 Å². The number of nitrogens with zero attached hydrogens (tertiary/aromatic N) is 8. The fourth-order valence-corrected chi connectivity index (χ4v) is 16.0. The third kappa shape index (κ3) is 28.8. The van der Waals surface area contributed by atoms with E-state index in [1.54, 1.807) is 78.3 Å². The number of rotatable bonds is 38. The van der Waals surface area contributed by atoms with Gasteiger partial charge in [-0.05, 0) is 106 Å². The first-order valence-electron chi connectivity index (χ1n) is 38.6. The third-order valence-corrected chi connectivity index (χ3v) is 23.7. The maximum absolute atomic E-state index is 13.1. The highest BCUT2D eigenvalue weighted by molar-refractivity contribution is 8.17. The first-order valence-corrected chi connectivity index (χ1v) is 42.5. The van der Waals surface area contributed by atoms with Crippen molar-refractivity contribution in [3.8, 4) is 17.2 Å². The van der Waals surface area contributed by atoms with Gasteiger partial charge in [-0.15, -0.1) is 47.0 Å². The van der Waals surface area contributed by atoms with E-state index in [1.807, 2.05) is 69.2 Å². The molecule has 4 N–H and O–H groups in total. The predicted octanol–water partition coefficient (Wildman–Crippen LogP) is 14.3. The average Bonchev–Trinajstić information content (AvgIpc) is 1.65. The number of nitrogens with one attached hydrogen (secondary N) is 4. The largest absolute Gasteiger partial charge is 0.496 e. The van der Waals surface area contributed by atoms with Gasteiger partial charge in [-0.3, -0.25) is 54.1 Å². The van der Waals surface area contributed by atoms with Gasteiger partial charge in [0.25, 0.3) is 0 Å². The number of aliphatic imine (C=N–C) groups is 7. The van der Waals surface area contributed by atoms with Gasteiger partial charge in [0, 0.05) is 68.4 Å². The van der Waals surface area contributed by atoms with Crippen LogP contribution in [-0.4, -0.2) is 160 Å². The highest BCUT2D eigenvalue weighted by Crippen LogP contribution is 2.36. The van der Waals surface area contributed by atoms with E-state index in [1.165, 1.54) is 97.7 Å². The molecule has 4 aliphatic heterocycles. The van der Waals surface area contributed by atoms with Gasteiger partial charge >= 0.3 is 22.5 Å². The minimum atomic E-state index is -0.958. The molecule has 0 fully saturated rings. The fraction of sp³-hybridized carbons (Fsp3) is 0.561. The van der Waals surface area contributed by atoms with Gasteiger partial charge in [0.2, 0.25) is 23.6 Å². The Labute approximate surface area is 686 Å². The Morgan fingerprint density at radius 1 is 0.465 bits per heavy atom. The van der Waals surface area contributed by atoms with Gasteiger partial charge in [0.15, 0.2) is 0 Å². The van der Waals surface area contributed by atoms with E-state index in [9.17, 15) is 38.4 Å². The fourth-order valence-electron chi connectivity index (χ4n) is 11.3. The van der Waals surface area contributed by atoms with Crippen molar-refractivity contribution in [2.24, 2.45) is 40.1 Å². The Hall–Kier alpha value is -8.88. The molecule has 4 aromatic heterocycles. The summed E-state index contributed by atoms with van der Waals surface area (Å²) in [6, 6.07) is 10.4. The quantitative estimate of drug-likeness (QED) is 0.0140. The van der Waals surface area contributed by atoms with Gasteiger partial charge in [-0.1, -0.05) is 116 Å². The normalized spacial score (nSPS) is 20.4. The summed E-state index contributed by atoms with van der Waals surface area (Å²) in [6.45, 7) is 35.3. The first-order chi connectivity index (χ1) is 54.3. The lowest BCUT2D eigenvalue weighted by Gasteiger charge is -2.24. The van der Waals surface area contributed by atoms with Crippen LogP contribution in [0.15, 0.2) is 145 Å². The maximum atomic E-state index is 13.1. The number of hydrogen-bond acceptors (Lipinski definition) is 28. The topological polar surface area (TPSA) is 373 Å². The molecule has 4 aliphatic rings. The van der Waals surface area contributed by atoms with E-state index in [4.69, 9.17) is 36.7 Å². The first kappa shape index (κ1) is 95.7. The molecule has 0 spiro atoms. The van der Waals surface area contributed by atoms with Gasteiger partial charge in [0.05, 0.1) is 79.8 Å². The average molecular weight is 1650 g/mol. The van der Waals surface area contributed by atoms with E-state index in [0.29, 0.717) is 125 Å². The van der Waals surface area contributed by atoms with E-state index in [2.05, 4.69) is 81.5 Å². The number of ether oxygens (including phenoxy) is 3. The highest BCUT2D eigenvalue weighted by atomic mass is 32.2. The molecule has 0 saturated carbocycles. The van der Waals surface area contributed by atoms with Crippen LogP contribution in [0.5, 0.6) is 17.2 Å². The molecule has 0 radical (unpaired) electrons. The Balaban J connectivity index is 0.000000272. The van der Waals surface area contributed by atoms with Crippen LogP contribution < -0.4 is 58.0 Å². The van der Waals surface area contributed by atoms with Crippen LogP contribution in [0.4, 0.5) is 0 Å². The molecule has 0 saturated heterocycles. The lowest BCUT2D eigenvalue weighted by molar-refractivity contribution is -0.126. The van der Waals surface area contributed by atoms with Crippen molar-refractivity contribution >= 4 is 120 Å². The molecule has 624 valence electrons. The Morgan fingerprint density at radius 3 is 1.11 bits per heavy atom. The van der Waals surface area contributed by atoms with Crippen molar-refractivity contribution in [3.05, 3.63) is 138 Å². The van der Waals surface area contributed by atoms with Crippen LogP contribution >= 0.6 is 47.0 Å². The lowest BCUT2D eigenvalue weighted by Crippen LogP contribution is -2.45. The van der Waals surface area contributed by atoms with Gasteiger partial charge in [-0.2, -0.15) is 0 Å². The van der Waals surface area contributed by atoms with Gasteiger partial charge in [-0.25, -0.2) is 19.2 Å². The molecule has 4 aromatic rings. The number of carbonyl (C=O) groups is 4. The monoisotopic (exact) mass is 1650 g/mol. The number of carbonyl (C=O) groups excluding carboxylic acids is 4. The second-order valence-electron chi connectivity index (χ2n) is 28.1. The maximum Gasteiger partial charge on any atom is 0.339 e. The number of oxime groups is 1. The Morgan fingerprint density at radius 2 is 0.789 bits per heavy atom. The molecule has 32 heteroatoms. The lowest BCUT2D eigenvalue weighted by atomic mass is 10.0. The Bertz CT molecular complexity index is 4470. The van der Waals surface area contributed by atoms with Crippen molar-refractivity contribution in [2.45, 2.75) is 227 Å². The second-order valence-corrected chi connectivity index (χ2v) is 32.0. The zero-order valence-corrected chi connectivity index (χ0v) is 72.6. The molecule has 4 amide bonds. The third-order valence-electron chi connectivity index (χ3n) is 18.3. The van der Waals surface area contributed by atoms with Crippen molar-refractivity contribution in [1.29, 1.82) is 0 Å². The van der Waals surface area contributed by atoms with Crippen LogP contribution in [0.25, 0.3) is 6.08 Å². The van der Waals surface area contributed by atoms with Crippen LogP contribution in [-0.2, 0) is 24.0 Å². The van der Waals surface area contributed by atoms with Crippen LogP contribution in [0.2, 0.25) is 0 Å². The van der Waals surface area contributed by atoms with Gasteiger partial charge < -0.3 is 58.0 Å². The molecule has 8 heterocycles. The SMILES string of the molecule is C=CCO/N=C(\C)C1=N[C@](C)(C(=O)N[C@H](CCC)c2cc(OC)cc(=O)o2)CS1.C=Cc1cc([C@@H](CCC)NC(=O)[C@]2(C)CSC(C(C)=NC)=N2)oc(=O)c1.CCCCCCCOc1cc([C@@H](CCC)NC(=O)[C@]2(C)CSC(C(C)=NC)=N2)oc(=O)c1.CCC[C@@H](NC(=O)[C@]1(C)CSC(C(C)=NC)=N1)c1cc(OCC)cc(=O)o1. The summed E-state index contributed by atoms with van der Waals surface area (Å²) in [4.78, 5) is 135. The van der Waals surface area contributed by atoms with Crippen molar-refractivity contribution in [2.75, 3.05) is 71.1 Å². The Kier molecular flexibility index (Phi) is 39.6. The summed E-state index contributed by atoms with van der Waals surface area (Å²) in [5.41, 5.74) is -1.80. The molecule has 8 atom stereocenters. The number of methoxy groups -OCH3 is 1. The van der Waals surface area contributed by atoms with Crippen molar-refractivity contribution in [3.63, 3.8) is 0 Å². The minimum absolute atomic E-state index is 0.186. The number of amides is 4. The number of unbranched alkanes of at least 4 members (excludes halogenated alkanes) is 4. The smallest absolute Gasteiger partial charge is 0.339 e. The van der Waals surface area contributed by atoms with Crippen LogP contribution in [0.3, 0.4) is 0 Å². The molecule has 114 heavy (non-hydrogen) atoms. The molecule has 8 rings (SSSR count). The van der Waals surface area contributed by atoms with E-state index in [0.717, 1.165) is 70.8 Å². The summed E-state index contributed by atoms with van der Waals surface area (Å²) in [5, 5.41) is 19.0. The molecular formula is C82H116N12O16S4. The van der Waals surface area contributed by atoms with E-state index < -0.39 is 62.8 Å². The highest BCUT2D eigenvalue weighted by Gasteiger charge is 2.44. The number of thioether (sulfide) groups is 4. The van der Waals surface area contributed by atoms with Crippen molar-refractivity contribution in [1.82, 2.24) is 21.3 Å².